The lowest BCUT2D eigenvalue weighted by molar-refractivity contribution is -0.136. The lowest BCUT2D eigenvalue weighted by Crippen LogP contribution is -2.63. The molecular weight excluding hydrogens is 276 g/mol. The molecule has 8 heteroatoms. The van der Waals surface area contributed by atoms with Crippen LogP contribution in [0.3, 0.4) is 0 Å². The summed E-state index contributed by atoms with van der Waals surface area (Å²) < 4.78 is 5.20. The van der Waals surface area contributed by atoms with Crippen LogP contribution in [0.25, 0.3) is 0 Å². The third-order valence-electron chi connectivity index (χ3n) is 3.52. The number of amides is 4. The Balaban J connectivity index is 2.81. The molecule has 1 saturated heterocycles. The molecule has 0 radical (unpaired) electrons. The summed E-state index contributed by atoms with van der Waals surface area (Å²) in [7, 11) is 0. The molecule has 1 rings (SSSR count). The average molecular weight is 300 g/mol. The maximum Gasteiger partial charge on any atom is 0.312 e. The molecule has 0 aliphatic carbocycles. The number of hydrogen-bond donors (Lipinski definition) is 4. The predicted molar refractivity (Wildman–Crippen MR) is 76.1 cm³/mol. The molecule has 6 N–H and O–H groups in total. The van der Waals surface area contributed by atoms with E-state index in [-0.39, 0.29) is 5.92 Å². The minimum atomic E-state index is -1.12. The molecule has 0 aromatic heterocycles. The number of hydrogen-bond acceptors (Lipinski definition) is 4. The van der Waals surface area contributed by atoms with Crippen molar-refractivity contribution in [2.75, 3.05) is 13.2 Å². The lowest BCUT2D eigenvalue weighted by Gasteiger charge is -2.36. The molecule has 0 spiro atoms. The molecule has 1 heterocycles. The van der Waals surface area contributed by atoms with Crippen LogP contribution in [0, 0.1) is 5.92 Å². The molecule has 1 fully saturated rings. The van der Waals surface area contributed by atoms with Crippen LogP contribution < -0.4 is 22.1 Å². The molecule has 1 atom stereocenters. The lowest BCUT2D eigenvalue weighted by atomic mass is 9.88. The number of carbonyl (C=O) groups excluding carboxylic acids is 3. The van der Waals surface area contributed by atoms with E-state index in [2.05, 4.69) is 10.6 Å². The zero-order valence-corrected chi connectivity index (χ0v) is 12.5. The van der Waals surface area contributed by atoms with Gasteiger partial charge in [-0.2, -0.15) is 0 Å². The third kappa shape index (κ3) is 4.89. The van der Waals surface area contributed by atoms with E-state index in [1.165, 1.54) is 0 Å². The summed E-state index contributed by atoms with van der Waals surface area (Å²) in [5.74, 6) is -0.878. The topological polar surface area (TPSA) is 137 Å². The highest BCUT2D eigenvalue weighted by Gasteiger charge is 2.41. The van der Waals surface area contributed by atoms with Gasteiger partial charge in [0.1, 0.15) is 11.6 Å². The standard InChI is InChI=1S/C13H24N4O4/c1-8(2)7-9(16-12(15)20)10(18)17-13(11(14)19)3-5-21-6-4-13/h8-9H,3-7H2,1-2H3,(H2,14,19)(H,17,18)(H3,15,16,20)/t9-/m0/s1. The van der Waals surface area contributed by atoms with Crippen molar-refractivity contribution in [2.24, 2.45) is 17.4 Å². The van der Waals surface area contributed by atoms with Crippen molar-refractivity contribution >= 4 is 17.8 Å². The second-order valence-electron chi connectivity index (χ2n) is 5.74. The molecule has 1 aliphatic heterocycles. The van der Waals surface area contributed by atoms with E-state index in [0.29, 0.717) is 32.5 Å². The molecule has 0 bridgehead atoms. The second-order valence-corrected chi connectivity index (χ2v) is 5.74. The van der Waals surface area contributed by atoms with Gasteiger partial charge in [-0.1, -0.05) is 13.8 Å². The van der Waals surface area contributed by atoms with Crippen molar-refractivity contribution in [3.05, 3.63) is 0 Å². The summed E-state index contributed by atoms with van der Waals surface area (Å²) >= 11 is 0. The minimum absolute atomic E-state index is 0.173. The van der Waals surface area contributed by atoms with Crippen LogP contribution in [0.2, 0.25) is 0 Å². The van der Waals surface area contributed by atoms with E-state index in [1.807, 2.05) is 13.8 Å². The van der Waals surface area contributed by atoms with E-state index < -0.39 is 29.4 Å². The predicted octanol–water partition coefficient (Wildman–Crippen LogP) is -0.780. The second kappa shape index (κ2) is 7.26. The quantitative estimate of drug-likeness (QED) is 0.511. The van der Waals surface area contributed by atoms with E-state index >= 15 is 0 Å². The summed E-state index contributed by atoms with van der Waals surface area (Å²) in [5, 5.41) is 5.08. The van der Waals surface area contributed by atoms with Gasteiger partial charge in [0, 0.05) is 26.1 Å². The first kappa shape index (κ1) is 17.2. The van der Waals surface area contributed by atoms with Crippen LogP contribution in [0.1, 0.15) is 33.1 Å². The highest BCUT2D eigenvalue weighted by Crippen LogP contribution is 2.21. The van der Waals surface area contributed by atoms with Gasteiger partial charge in [0.2, 0.25) is 11.8 Å². The fourth-order valence-electron chi connectivity index (χ4n) is 2.35. The number of rotatable bonds is 6. The number of nitrogens with two attached hydrogens (primary N) is 2. The molecule has 1 aliphatic rings. The van der Waals surface area contributed by atoms with Gasteiger partial charge in [-0.15, -0.1) is 0 Å². The Morgan fingerprint density at radius 3 is 2.19 bits per heavy atom. The van der Waals surface area contributed by atoms with Gasteiger partial charge >= 0.3 is 6.03 Å². The maximum absolute atomic E-state index is 12.4. The van der Waals surface area contributed by atoms with Crippen LogP contribution in [0.4, 0.5) is 4.79 Å². The molecule has 0 saturated carbocycles. The normalized spacial score (nSPS) is 18.8. The Kier molecular flexibility index (Phi) is 5.95. The summed E-state index contributed by atoms with van der Waals surface area (Å²) in [5.41, 5.74) is 9.40. The number of carbonyl (C=O) groups is 3. The first-order valence-electron chi connectivity index (χ1n) is 7.02. The fourth-order valence-corrected chi connectivity index (χ4v) is 2.35. The van der Waals surface area contributed by atoms with E-state index in [1.54, 1.807) is 0 Å². The Labute approximate surface area is 123 Å². The van der Waals surface area contributed by atoms with E-state index in [4.69, 9.17) is 16.2 Å². The van der Waals surface area contributed by atoms with E-state index in [0.717, 1.165) is 0 Å². The Bertz CT molecular complexity index is 405. The summed E-state index contributed by atoms with van der Waals surface area (Å²) in [6.07, 6.45) is 1.05. The van der Waals surface area contributed by atoms with Gasteiger partial charge in [0.25, 0.3) is 0 Å². The zero-order valence-electron chi connectivity index (χ0n) is 12.5. The van der Waals surface area contributed by atoms with Crippen molar-refractivity contribution < 1.29 is 19.1 Å². The smallest absolute Gasteiger partial charge is 0.312 e. The van der Waals surface area contributed by atoms with Gasteiger partial charge in [-0.25, -0.2) is 4.79 Å². The summed E-state index contributed by atoms with van der Waals surface area (Å²) in [6, 6.07) is -1.57. The van der Waals surface area contributed by atoms with Crippen molar-refractivity contribution in [3.8, 4) is 0 Å². The molecule has 0 aromatic carbocycles. The number of urea groups is 1. The largest absolute Gasteiger partial charge is 0.381 e. The highest BCUT2D eigenvalue weighted by atomic mass is 16.5. The Hall–Kier alpha value is -1.83. The number of primary amides is 2. The van der Waals surface area contributed by atoms with Crippen molar-refractivity contribution in [2.45, 2.75) is 44.7 Å². The zero-order chi connectivity index (χ0) is 16.0. The maximum atomic E-state index is 12.4. The SMILES string of the molecule is CC(C)C[C@H](NC(N)=O)C(=O)NC1(C(N)=O)CCOCC1. The molecule has 0 aromatic rings. The molecule has 8 nitrogen and oxygen atoms in total. The first-order chi connectivity index (χ1) is 9.77. The van der Waals surface area contributed by atoms with Crippen LogP contribution in [-0.4, -0.2) is 42.6 Å². The summed E-state index contributed by atoms with van der Waals surface area (Å²) in [6.45, 7) is 4.53. The molecule has 0 unspecified atom stereocenters. The summed E-state index contributed by atoms with van der Waals surface area (Å²) in [4.78, 5) is 35.1. The fraction of sp³-hybridized carbons (Fsp3) is 0.769. The van der Waals surface area contributed by atoms with Gasteiger partial charge in [0.05, 0.1) is 0 Å². The third-order valence-corrected chi connectivity index (χ3v) is 3.52. The van der Waals surface area contributed by atoms with Crippen molar-refractivity contribution in [1.82, 2.24) is 10.6 Å². The van der Waals surface area contributed by atoms with Crippen molar-refractivity contribution in [1.29, 1.82) is 0 Å². The number of ether oxygens (including phenoxy) is 1. The monoisotopic (exact) mass is 300 g/mol. The first-order valence-corrected chi connectivity index (χ1v) is 7.02. The molecule has 120 valence electrons. The Morgan fingerprint density at radius 1 is 1.19 bits per heavy atom. The average Bonchev–Trinajstić information content (AvgIpc) is 2.37. The highest BCUT2D eigenvalue weighted by molar-refractivity contribution is 5.93. The van der Waals surface area contributed by atoms with Gasteiger partial charge in [-0.05, 0) is 12.3 Å². The van der Waals surface area contributed by atoms with E-state index in [9.17, 15) is 14.4 Å². The van der Waals surface area contributed by atoms with Crippen LogP contribution in [0.15, 0.2) is 0 Å². The van der Waals surface area contributed by atoms with Gasteiger partial charge < -0.3 is 26.8 Å². The van der Waals surface area contributed by atoms with Gasteiger partial charge in [0.15, 0.2) is 0 Å². The number of nitrogens with one attached hydrogen (secondary N) is 2. The molecule has 4 amide bonds. The van der Waals surface area contributed by atoms with Crippen LogP contribution >= 0.6 is 0 Å². The molecular formula is C13H24N4O4. The molecule has 21 heavy (non-hydrogen) atoms. The minimum Gasteiger partial charge on any atom is -0.381 e. The van der Waals surface area contributed by atoms with Crippen LogP contribution in [-0.2, 0) is 14.3 Å². The Morgan fingerprint density at radius 2 is 1.76 bits per heavy atom. The van der Waals surface area contributed by atoms with Gasteiger partial charge in [-0.3, -0.25) is 9.59 Å². The van der Waals surface area contributed by atoms with Crippen molar-refractivity contribution in [3.63, 3.8) is 0 Å². The van der Waals surface area contributed by atoms with Crippen LogP contribution in [0.5, 0.6) is 0 Å².